The summed E-state index contributed by atoms with van der Waals surface area (Å²) in [6, 6.07) is 16.8. The molecular formula is C16H12N2O4S. The van der Waals surface area contributed by atoms with E-state index in [0.717, 1.165) is 0 Å². The number of aromatic hydroxyl groups is 1. The highest BCUT2D eigenvalue weighted by molar-refractivity contribution is 7.86. The van der Waals surface area contributed by atoms with Gasteiger partial charge in [0, 0.05) is 5.39 Å². The Balaban J connectivity index is 2.26. The number of nitrogens with zero attached hydrogens (tertiary/aromatic N) is 2. The van der Waals surface area contributed by atoms with Crippen LogP contribution in [0.4, 0.5) is 11.4 Å². The van der Waals surface area contributed by atoms with Crippen LogP contribution in [0.5, 0.6) is 5.75 Å². The zero-order valence-electron chi connectivity index (χ0n) is 11.8. The average Bonchev–Trinajstić information content (AvgIpc) is 2.53. The molecule has 0 heterocycles. The van der Waals surface area contributed by atoms with Crippen molar-refractivity contribution in [1.29, 1.82) is 0 Å². The van der Waals surface area contributed by atoms with Crippen molar-refractivity contribution >= 4 is 32.3 Å². The van der Waals surface area contributed by atoms with Crippen LogP contribution in [0.3, 0.4) is 0 Å². The summed E-state index contributed by atoms with van der Waals surface area (Å²) in [5.74, 6) is -0.633. The zero-order valence-corrected chi connectivity index (χ0v) is 12.6. The smallest absolute Gasteiger partial charge is 0.298 e. The van der Waals surface area contributed by atoms with Gasteiger partial charge in [0.15, 0.2) is 5.75 Å². The van der Waals surface area contributed by atoms with Crippen LogP contribution in [0.15, 0.2) is 75.8 Å². The fourth-order valence-electron chi connectivity index (χ4n) is 2.19. The molecule has 2 N–H and O–H groups in total. The van der Waals surface area contributed by atoms with Gasteiger partial charge in [-0.3, -0.25) is 4.55 Å². The molecule has 0 radical (unpaired) electrons. The summed E-state index contributed by atoms with van der Waals surface area (Å²) in [5.41, 5.74) is 0.535. The first-order valence-electron chi connectivity index (χ1n) is 6.66. The average molecular weight is 328 g/mol. The van der Waals surface area contributed by atoms with Crippen LogP contribution < -0.4 is 0 Å². The van der Waals surface area contributed by atoms with Gasteiger partial charge in [-0.15, -0.1) is 5.11 Å². The highest BCUT2D eigenvalue weighted by Gasteiger charge is 2.21. The van der Waals surface area contributed by atoms with Gasteiger partial charge >= 0.3 is 0 Å². The van der Waals surface area contributed by atoms with E-state index in [-0.39, 0.29) is 5.69 Å². The van der Waals surface area contributed by atoms with E-state index in [1.807, 2.05) is 6.07 Å². The maximum Gasteiger partial charge on any atom is 0.298 e. The molecule has 3 aromatic carbocycles. The number of hydrogen-bond acceptors (Lipinski definition) is 5. The van der Waals surface area contributed by atoms with Gasteiger partial charge in [0.1, 0.15) is 10.6 Å². The molecule has 7 heteroatoms. The van der Waals surface area contributed by atoms with Crippen molar-refractivity contribution < 1.29 is 18.1 Å². The number of azo groups is 1. The molecule has 0 saturated heterocycles. The number of phenolic OH excluding ortho intramolecular Hbond substituents is 1. The zero-order chi connectivity index (χ0) is 16.4. The molecule has 0 aliphatic carbocycles. The molecule has 0 unspecified atom stereocenters. The summed E-state index contributed by atoms with van der Waals surface area (Å²) in [6.45, 7) is 0. The molecule has 0 atom stereocenters. The second kappa shape index (κ2) is 5.79. The Hall–Kier alpha value is -2.77. The SMILES string of the molecule is O=S(=O)(O)c1cc2ccccc2c(N=Nc2ccccc2)c1O. The Kier molecular flexibility index (Phi) is 3.81. The molecular weight excluding hydrogens is 316 g/mol. The molecule has 116 valence electrons. The Morgan fingerprint density at radius 1 is 0.870 bits per heavy atom. The monoisotopic (exact) mass is 328 g/mol. The number of hydrogen-bond donors (Lipinski definition) is 2. The van der Waals surface area contributed by atoms with Crippen molar-refractivity contribution in [3.63, 3.8) is 0 Å². The Bertz CT molecular complexity index is 999. The highest BCUT2D eigenvalue weighted by Crippen LogP contribution is 2.41. The third kappa shape index (κ3) is 3.05. The quantitative estimate of drug-likeness (QED) is 0.555. The molecule has 0 saturated carbocycles. The molecule has 0 aliphatic heterocycles. The van der Waals surface area contributed by atoms with E-state index in [1.54, 1.807) is 48.5 Å². The standard InChI is InChI=1S/C16H12N2O4S/c19-16-14(23(20,21)22)10-11-6-4-5-9-13(11)15(16)18-17-12-7-2-1-3-8-12/h1-10,19H,(H,20,21,22). The van der Waals surface area contributed by atoms with E-state index in [0.29, 0.717) is 16.5 Å². The van der Waals surface area contributed by atoms with E-state index in [9.17, 15) is 18.1 Å². The topological polar surface area (TPSA) is 99.3 Å². The minimum Gasteiger partial charge on any atom is -0.504 e. The lowest BCUT2D eigenvalue weighted by atomic mass is 10.1. The van der Waals surface area contributed by atoms with Gasteiger partial charge < -0.3 is 5.11 Å². The molecule has 0 fully saturated rings. The summed E-state index contributed by atoms with van der Waals surface area (Å²) < 4.78 is 32.2. The Morgan fingerprint density at radius 2 is 1.52 bits per heavy atom. The fraction of sp³-hybridized carbons (Fsp3) is 0. The van der Waals surface area contributed by atoms with Gasteiger partial charge in [-0.05, 0) is 23.6 Å². The first kappa shape index (κ1) is 15.1. The van der Waals surface area contributed by atoms with Crippen molar-refractivity contribution in [1.82, 2.24) is 0 Å². The van der Waals surface area contributed by atoms with Crippen LogP contribution in [0, 0.1) is 0 Å². The highest BCUT2D eigenvalue weighted by atomic mass is 32.2. The molecule has 0 spiro atoms. The molecule has 0 bridgehead atoms. The van der Waals surface area contributed by atoms with E-state index >= 15 is 0 Å². The summed E-state index contributed by atoms with van der Waals surface area (Å²) in [4.78, 5) is -0.599. The van der Waals surface area contributed by atoms with Crippen LogP contribution in [0.1, 0.15) is 0 Å². The molecule has 6 nitrogen and oxygen atoms in total. The van der Waals surface area contributed by atoms with Crippen LogP contribution in [-0.2, 0) is 10.1 Å². The maximum atomic E-state index is 11.4. The summed E-state index contributed by atoms with van der Waals surface area (Å²) >= 11 is 0. The molecule has 0 aliphatic rings. The summed E-state index contributed by atoms with van der Waals surface area (Å²) in [5, 5.41) is 19.2. The lowest BCUT2D eigenvalue weighted by Crippen LogP contribution is -1.98. The molecule has 0 aromatic heterocycles. The van der Waals surface area contributed by atoms with Crippen LogP contribution in [0.2, 0.25) is 0 Å². The summed E-state index contributed by atoms with van der Waals surface area (Å²) in [7, 11) is -4.58. The third-order valence-electron chi connectivity index (χ3n) is 3.26. The normalized spacial score (nSPS) is 12.0. The van der Waals surface area contributed by atoms with Gasteiger partial charge in [-0.2, -0.15) is 13.5 Å². The van der Waals surface area contributed by atoms with Gasteiger partial charge in [0.05, 0.1) is 5.69 Å². The van der Waals surface area contributed by atoms with E-state index in [4.69, 9.17) is 0 Å². The van der Waals surface area contributed by atoms with Gasteiger partial charge in [0.2, 0.25) is 0 Å². The Morgan fingerprint density at radius 3 is 2.22 bits per heavy atom. The van der Waals surface area contributed by atoms with E-state index in [1.165, 1.54) is 6.07 Å². The number of benzene rings is 3. The number of phenols is 1. The van der Waals surface area contributed by atoms with Crippen molar-refractivity contribution in [2.24, 2.45) is 10.2 Å². The number of rotatable bonds is 3. The second-order valence-corrected chi connectivity index (χ2v) is 6.19. The first-order valence-corrected chi connectivity index (χ1v) is 8.10. The fourth-order valence-corrected chi connectivity index (χ4v) is 2.81. The first-order chi connectivity index (χ1) is 11.0. The van der Waals surface area contributed by atoms with Crippen LogP contribution >= 0.6 is 0 Å². The Labute approximate surface area is 132 Å². The molecule has 0 amide bonds. The van der Waals surface area contributed by atoms with Crippen molar-refractivity contribution in [3.05, 3.63) is 60.7 Å². The largest absolute Gasteiger partial charge is 0.504 e. The third-order valence-corrected chi connectivity index (χ3v) is 4.13. The number of fused-ring (bicyclic) bond motifs is 1. The van der Waals surface area contributed by atoms with Crippen molar-refractivity contribution in [2.45, 2.75) is 4.90 Å². The minimum atomic E-state index is -4.58. The van der Waals surface area contributed by atoms with Crippen molar-refractivity contribution in [2.75, 3.05) is 0 Å². The molecule has 3 rings (SSSR count). The van der Waals surface area contributed by atoms with Crippen LogP contribution in [0.25, 0.3) is 10.8 Å². The van der Waals surface area contributed by atoms with Gasteiger partial charge in [-0.25, -0.2) is 0 Å². The predicted octanol–water partition coefficient (Wildman–Crippen LogP) is 4.21. The predicted molar refractivity (Wildman–Crippen MR) is 86.0 cm³/mol. The molecule has 23 heavy (non-hydrogen) atoms. The van der Waals surface area contributed by atoms with Crippen LogP contribution in [-0.4, -0.2) is 18.1 Å². The lowest BCUT2D eigenvalue weighted by Gasteiger charge is -2.08. The van der Waals surface area contributed by atoms with Gasteiger partial charge in [-0.1, -0.05) is 42.5 Å². The second-order valence-electron chi connectivity index (χ2n) is 4.80. The molecule has 3 aromatic rings. The lowest BCUT2D eigenvalue weighted by molar-refractivity contribution is 0.445. The van der Waals surface area contributed by atoms with Gasteiger partial charge in [0.25, 0.3) is 10.1 Å². The summed E-state index contributed by atoms with van der Waals surface area (Å²) in [6.07, 6.45) is 0. The maximum absolute atomic E-state index is 11.4. The van der Waals surface area contributed by atoms with Crippen molar-refractivity contribution in [3.8, 4) is 5.75 Å². The minimum absolute atomic E-state index is 0.0143. The van der Waals surface area contributed by atoms with E-state index < -0.39 is 20.8 Å². The van der Waals surface area contributed by atoms with E-state index in [2.05, 4.69) is 10.2 Å².